The molecular formula is C28H38FN3. The third-order valence-corrected chi connectivity index (χ3v) is 8.27. The highest BCUT2D eigenvalue weighted by atomic mass is 19.1. The lowest BCUT2D eigenvalue weighted by Gasteiger charge is -2.57. The quantitative estimate of drug-likeness (QED) is 0.684. The number of piperidine rings is 1. The van der Waals surface area contributed by atoms with Crippen LogP contribution in [-0.4, -0.2) is 48.6 Å². The summed E-state index contributed by atoms with van der Waals surface area (Å²) in [6.07, 6.45) is 5.43. The normalized spacial score (nSPS) is 24.7. The van der Waals surface area contributed by atoms with Crippen LogP contribution < -0.4 is 5.32 Å². The van der Waals surface area contributed by atoms with E-state index in [1.807, 2.05) is 12.1 Å². The topological polar surface area (TPSA) is 18.5 Å². The molecule has 2 aromatic carbocycles. The lowest BCUT2D eigenvalue weighted by Crippen LogP contribution is -2.59. The van der Waals surface area contributed by atoms with E-state index >= 15 is 0 Å². The van der Waals surface area contributed by atoms with E-state index in [1.54, 1.807) is 12.1 Å². The molecule has 1 saturated carbocycles. The molecule has 1 N–H and O–H groups in total. The molecular weight excluding hydrogens is 397 g/mol. The van der Waals surface area contributed by atoms with Crippen LogP contribution in [-0.2, 0) is 6.54 Å². The van der Waals surface area contributed by atoms with Crippen molar-refractivity contribution in [3.63, 3.8) is 0 Å². The van der Waals surface area contributed by atoms with Crippen LogP contribution in [0.4, 0.5) is 4.39 Å². The summed E-state index contributed by atoms with van der Waals surface area (Å²) in [5, 5.41) is 3.55. The Hall–Kier alpha value is -1.75. The van der Waals surface area contributed by atoms with Crippen molar-refractivity contribution in [3.05, 3.63) is 71.0 Å². The maximum atomic E-state index is 13.4. The van der Waals surface area contributed by atoms with Gasteiger partial charge in [0, 0.05) is 38.3 Å². The fourth-order valence-corrected chi connectivity index (χ4v) is 6.44. The molecule has 3 fully saturated rings. The van der Waals surface area contributed by atoms with Crippen molar-refractivity contribution < 1.29 is 4.39 Å². The zero-order chi connectivity index (χ0) is 22.1. The van der Waals surface area contributed by atoms with Crippen molar-refractivity contribution in [2.24, 2.45) is 5.41 Å². The second-order valence-electron chi connectivity index (χ2n) is 10.7. The van der Waals surface area contributed by atoms with E-state index in [-0.39, 0.29) is 5.82 Å². The molecule has 3 aliphatic rings. The standard InChI is InChI=1S/C28H38FN3/c1-21(2)25-5-3-4-6-26(25)27-20-31(19-22-7-9-23(29)10-8-22)15-16-32(27)24-17-28(18-24)11-13-30-14-12-28/h3-10,21,24,27,30H,11-20H2,1-2H3. The molecule has 0 radical (unpaired) electrons. The van der Waals surface area contributed by atoms with Gasteiger partial charge in [0.25, 0.3) is 0 Å². The largest absolute Gasteiger partial charge is 0.317 e. The molecule has 0 amide bonds. The van der Waals surface area contributed by atoms with Crippen LogP contribution in [0.1, 0.15) is 68.2 Å². The Bertz CT molecular complexity index is 895. The summed E-state index contributed by atoms with van der Waals surface area (Å²) in [7, 11) is 0. The maximum absolute atomic E-state index is 13.4. The summed E-state index contributed by atoms with van der Waals surface area (Å²) >= 11 is 0. The van der Waals surface area contributed by atoms with E-state index < -0.39 is 0 Å². The highest BCUT2D eigenvalue weighted by Gasteiger charge is 2.49. The van der Waals surface area contributed by atoms with Crippen molar-refractivity contribution in [1.82, 2.24) is 15.1 Å². The zero-order valence-electron chi connectivity index (χ0n) is 19.7. The Kier molecular flexibility index (Phi) is 6.37. The molecule has 2 aromatic rings. The van der Waals surface area contributed by atoms with Crippen LogP contribution >= 0.6 is 0 Å². The van der Waals surface area contributed by atoms with E-state index in [0.717, 1.165) is 26.2 Å². The first-order valence-electron chi connectivity index (χ1n) is 12.6. The molecule has 2 heterocycles. The van der Waals surface area contributed by atoms with Crippen LogP contribution in [0.15, 0.2) is 48.5 Å². The Morgan fingerprint density at radius 1 is 1.00 bits per heavy atom. The molecule has 32 heavy (non-hydrogen) atoms. The van der Waals surface area contributed by atoms with E-state index in [0.29, 0.717) is 23.4 Å². The van der Waals surface area contributed by atoms with Crippen LogP contribution in [0.3, 0.4) is 0 Å². The van der Waals surface area contributed by atoms with Crippen LogP contribution in [0.25, 0.3) is 0 Å². The third kappa shape index (κ3) is 4.50. The average molecular weight is 436 g/mol. The number of rotatable bonds is 5. The van der Waals surface area contributed by atoms with Gasteiger partial charge in [0.2, 0.25) is 0 Å². The first-order chi connectivity index (χ1) is 15.5. The number of piperazine rings is 1. The van der Waals surface area contributed by atoms with E-state index in [4.69, 9.17) is 0 Å². The lowest BCUT2D eigenvalue weighted by molar-refractivity contribution is -0.0650. The monoisotopic (exact) mass is 435 g/mol. The zero-order valence-corrected chi connectivity index (χ0v) is 19.7. The van der Waals surface area contributed by atoms with Gasteiger partial charge >= 0.3 is 0 Å². The minimum absolute atomic E-state index is 0.154. The van der Waals surface area contributed by atoms with Gasteiger partial charge in [0.05, 0.1) is 0 Å². The average Bonchev–Trinajstić information content (AvgIpc) is 2.79. The second-order valence-corrected chi connectivity index (χ2v) is 10.7. The second kappa shape index (κ2) is 9.24. The molecule has 2 saturated heterocycles. The van der Waals surface area contributed by atoms with Crippen molar-refractivity contribution in [1.29, 1.82) is 0 Å². The number of hydrogen-bond donors (Lipinski definition) is 1. The molecule has 4 heteroatoms. The molecule has 1 unspecified atom stereocenters. The fourth-order valence-electron chi connectivity index (χ4n) is 6.44. The summed E-state index contributed by atoms with van der Waals surface area (Å²) in [6.45, 7) is 11.2. The van der Waals surface area contributed by atoms with Crippen LogP contribution in [0.5, 0.6) is 0 Å². The maximum Gasteiger partial charge on any atom is 0.123 e. The molecule has 2 aliphatic heterocycles. The smallest absolute Gasteiger partial charge is 0.123 e. The highest BCUT2D eigenvalue weighted by Crippen LogP contribution is 2.52. The molecule has 1 atom stereocenters. The third-order valence-electron chi connectivity index (χ3n) is 8.27. The minimum Gasteiger partial charge on any atom is -0.317 e. The molecule has 0 bridgehead atoms. The Labute approximate surface area is 193 Å². The number of nitrogens with zero attached hydrogens (tertiary/aromatic N) is 2. The summed E-state index contributed by atoms with van der Waals surface area (Å²) in [4.78, 5) is 5.42. The van der Waals surface area contributed by atoms with Gasteiger partial charge in [-0.1, -0.05) is 50.2 Å². The van der Waals surface area contributed by atoms with Gasteiger partial charge in [0.15, 0.2) is 0 Å². The molecule has 1 aliphatic carbocycles. The van der Waals surface area contributed by atoms with Gasteiger partial charge in [-0.2, -0.15) is 0 Å². The van der Waals surface area contributed by atoms with Crippen molar-refractivity contribution in [2.45, 2.75) is 64.1 Å². The van der Waals surface area contributed by atoms with Gasteiger partial charge in [-0.05, 0) is 78.9 Å². The number of benzene rings is 2. The van der Waals surface area contributed by atoms with Crippen molar-refractivity contribution in [2.75, 3.05) is 32.7 Å². The summed E-state index contributed by atoms with van der Waals surface area (Å²) in [6, 6.07) is 17.3. The minimum atomic E-state index is -0.154. The Morgan fingerprint density at radius 2 is 1.72 bits per heavy atom. The summed E-state index contributed by atoms with van der Waals surface area (Å²) < 4.78 is 13.4. The number of hydrogen-bond acceptors (Lipinski definition) is 3. The molecule has 1 spiro atoms. The van der Waals surface area contributed by atoms with E-state index in [2.05, 4.69) is 53.2 Å². The number of nitrogens with one attached hydrogen (secondary N) is 1. The predicted octanol–water partition coefficient (Wildman–Crippen LogP) is 5.34. The van der Waals surface area contributed by atoms with Crippen molar-refractivity contribution in [3.8, 4) is 0 Å². The fraction of sp³-hybridized carbons (Fsp3) is 0.571. The van der Waals surface area contributed by atoms with E-state index in [9.17, 15) is 4.39 Å². The Morgan fingerprint density at radius 3 is 2.44 bits per heavy atom. The molecule has 0 aromatic heterocycles. The lowest BCUT2D eigenvalue weighted by atomic mass is 9.60. The summed E-state index contributed by atoms with van der Waals surface area (Å²) in [5.74, 6) is 0.372. The molecule has 5 rings (SSSR count). The first-order valence-corrected chi connectivity index (χ1v) is 12.6. The van der Waals surface area contributed by atoms with E-state index in [1.165, 1.54) is 55.5 Å². The van der Waals surface area contributed by atoms with Crippen LogP contribution in [0, 0.1) is 11.2 Å². The SMILES string of the molecule is CC(C)c1ccccc1C1CN(Cc2ccc(F)cc2)CCN1C1CC2(CCNCC2)C1. The van der Waals surface area contributed by atoms with Gasteiger partial charge in [0.1, 0.15) is 5.82 Å². The number of halogens is 1. The van der Waals surface area contributed by atoms with Gasteiger partial charge in [-0.15, -0.1) is 0 Å². The molecule has 172 valence electrons. The van der Waals surface area contributed by atoms with Gasteiger partial charge in [-0.3, -0.25) is 9.80 Å². The first kappa shape index (κ1) is 22.1. The Balaban J connectivity index is 1.36. The van der Waals surface area contributed by atoms with Gasteiger partial charge < -0.3 is 5.32 Å². The highest BCUT2D eigenvalue weighted by molar-refractivity contribution is 5.33. The van der Waals surface area contributed by atoms with Crippen LogP contribution in [0.2, 0.25) is 0 Å². The summed E-state index contributed by atoms with van der Waals surface area (Å²) in [5.41, 5.74) is 4.80. The van der Waals surface area contributed by atoms with Crippen molar-refractivity contribution >= 4 is 0 Å². The molecule has 3 nitrogen and oxygen atoms in total. The van der Waals surface area contributed by atoms with Gasteiger partial charge in [-0.25, -0.2) is 4.39 Å². The predicted molar refractivity (Wildman–Crippen MR) is 129 cm³/mol.